The van der Waals surface area contributed by atoms with Crippen LogP contribution in [-0.2, 0) is 7.05 Å². The van der Waals surface area contributed by atoms with E-state index in [1.165, 1.54) is 32.1 Å². The molecule has 1 heterocycles. The van der Waals surface area contributed by atoms with Gasteiger partial charge in [0.15, 0.2) is 0 Å². The van der Waals surface area contributed by atoms with Gasteiger partial charge in [0.25, 0.3) is 0 Å². The third-order valence-electron chi connectivity index (χ3n) is 3.82. The topological polar surface area (TPSA) is 73.0 Å². The Kier molecular flexibility index (Phi) is 4.39. The second-order valence-corrected chi connectivity index (χ2v) is 5.35. The first-order chi connectivity index (χ1) is 9.09. The molecule has 2 rings (SSSR count). The average molecular weight is 266 g/mol. The predicted molar refractivity (Wildman–Crippen MR) is 74.3 cm³/mol. The normalized spacial score (nSPS) is 17.8. The highest BCUT2D eigenvalue weighted by Gasteiger charge is 2.25. The number of nitro groups is 1. The second kappa shape index (κ2) is 6.04. The van der Waals surface area contributed by atoms with Crippen molar-refractivity contribution in [3.63, 3.8) is 0 Å². The molecule has 0 radical (unpaired) electrons. The number of rotatable bonds is 3. The molecule has 1 aliphatic carbocycles. The highest BCUT2D eigenvalue weighted by Crippen LogP contribution is 2.29. The van der Waals surface area contributed by atoms with Gasteiger partial charge in [-0.1, -0.05) is 32.1 Å². The van der Waals surface area contributed by atoms with Crippen LogP contribution in [0.15, 0.2) is 0 Å². The van der Waals surface area contributed by atoms with Crippen LogP contribution < -0.4 is 5.32 Å². The van der Waals surface area contributed by atoms with E-state index in [1.807, 2.05) is 0 Å². The van der Waals surface area contributed by atoms with Crippen LogP contribution in [0.1, 0.15) is 50.6 Å². The van der Waals surface area contributed by atoms with Crippen LogP contribution in [0.25, 0.3) is 0 Å². The van der Waals surface area contributed by atoms with Crippen LogP contribution >= 0.6 is 0 Å². The molecule has 0 atom stereocenters. The lowest BCUT2D eigenvalue weighted by Gasteiger charge is -2.21. The molecule has 0 aromatic carbocycles. The van der Waals surface area contributed by atoms with Gasteiger partial charge in [0.1, 0.15) is 5.69 Å². The predicted octanol–water partition coefficient (Wildman–Crippen LogP) is 3.16. The van der Waals surface area contributed by atoms with Crippen LogP contribution in [0, 0.1) is 17.0 Å². The van der Waals surface area contributed by atoms with Gasteiger partial charge in [-0.05, 0) is 19.8 Å². The summed E-state index contributed by atoms with van der Waals surface area (Å²) in [5.74, 6) is 0.549. The zero-order valence-corrected chi connectivity index (χ0v) is 11.7. The molecule has 1 fully saturated rings. The van der Waals surface area contributed by atoms with Crippen molar-refractivity contribution in [2.24, 2.45) is 7.05 Å². The van der Waals surface area contributed by atoms with Crippen molar-refractivity contribution in [3.05, 3.63) is 15.8 Å². The molecule has 6 nitrogen and oxygen atoms in total. The van der Waals surface area contributed by atoms with Gasteiger partial charge in [-0.2, -0.15) is 5.10 Å². The van der Waals surface area contributed by atoms with Crippen molar-refractivity contribution in [2.75, 3.05) is 5.32 Å². The fourth-order valence-electron chi connectivity index (χ4n) is 2.82. The Balaban J connectivity index is 2.15. The minimum absolute atomic E-state index is 0.115. The lowest BCUT2D eigenvalue weighted by Crippen LogP contribution is -2.22. The van der Waals surface area contributed by atoms with E-state index in [9.17, 15) is 10.1 Å². The lowest BCUT2D eigenvalue weighted by molar-refractivity contribution is -0.384. The fraction of sp³-hybridized carbons (Fsp3) is 0.769. The third-order valence-corrected chi connectivity index (χ3v) is 3.82. The molecule has 0 saturated heterocycles. The Morgan fingerprint density at radius 2 is 1.84 bits per heavy atom. The maximum Gasteiger partial charge on any atom is 0.333 e. The average Bonchev–Trinajstić information content (AvgIpc) is 2.57. The summed E-state index contributed by atoms with van der Waals surface area (Å²) in [7, 11) is 1.76. The van der Waals surface area contributed by atoms with Crippen molar-refractivity contribution >= 4 is 11.5 Å². The first-order valence-electron chi connectivity index (χ1n) is 7.04. The Bertz CT molecular complexity index is 448. The van der Waals surface area contributed by atoms with Crippen LogP contribution in [0.4, 0.5) is 11.5 Å². The molecule has 106 valence electrons. The van der Waals surface area contributed by atoms with Gasteiger partial charge in [0.2, 0.25) is 5.82 Å². The highest BCUT2D eigenvalue weighted by atomic mass is 16.6. The molecule has 1 aromatic rings. The molecule has 6 heteroatoms. The third kappa shape index (κ3) is 3.24. The summed E-state index contributed by atoms with van der Waals surface area (Å²) >= 11 is 0. The largest absolute Gasteiger partial charge is 0.362 e. The number of anilines is 1. The minimum atomic E-state index is -0.340. The molecule has 1 saturated carbocycles. The molecule has 1 N–H and O–H groups in total. The van der Waals surface area contributed by atoms with E-state index in [0.29, 0.717) is 17.6 Å². The Morgan fingerprint density at radius 1 is 1.26 bits per heavy atom. The fourth-order valence-corrected chi connectivity index (χ4v) is 2.82. The molecular weight excluding hydrogens is 244 g/mol. The van der Waals surface area contributed by atoms with E-state index in [4.69, 9.17) is 0 Å². The van der Waals surface area contributed by atoms with Gasteiger partial charge in [-0.15, -0.1) is 0 Å². The summed E-state index contributed by atoms with van der Waals surface area (Å²) in [6, 6.07) is 0.328. The Labute approximate surface area is 113 Å². The molecule has 0 unspecified atom stereocenters. The summed E-state index contributed by atoms with van der Waals surface area (Å²) in [6.45, 7) is 1.68. The van der Waals surface area contributed by atoms with Gasteiger partial charge < -0.3 is 5.32 Å². The van der Waals surface area contributed by atoms with Crippen molar-refractivity contribution < 1.29 is 4.92 Å². The molecule has 0 spiro atoms. The summed E-state index contributed by atoms with van der Waals surface area (Å²) in [5, 5.41) is 18.6. The minimum Gasteiger partial charge on any atom is -0.362 e. The first kappa shape index (κ1) is 13.8. The lowest BCUT2D eigenvalue weighted by atomic mass is 9.97. The Hall–Kier alpha value is -1.59. The van der Waals surface area contributed by atoms with Crippen molar-refractivity contribution in [1.82, 2.24) is 9.78 Å². The number of aryl methyl sites for hydroxylation is 2. The molecular formula is C13H22N4O2. The molecule has 0 bridgehead atoms. The van der Waals surface area contributed by atoms with Crippen molar-refractivity contribution in [1.29, 1.82) is 0 Å². The number of hydrogen-bond donors (Lipinski definition) is 1. The van der Waals surface area contributed by atoms with Crippen LogP contribution in [0.5, 0.6) is 0 Å². The SMILES string of the molecule is Cc1nn(C)c(NC2CCCCCCC2)c1[N+](=O)[O-]. The van der Waals surface area contributed by atoms with Gasteiger partial charge in [-0.25, -0.2) is 4.68 Å². The monoisotopic (exact) mass is 266 g/mol. The number of nitrogens with one attached hydrogen (secondary N) is 1. The number of nitrogens with zero attached hydrogens (tertiary/aromatic N) is 3. The van der Waals surface area contributed by atoms with Gasteiger partial charge >= 0.3 is 5.69 Å². The van der Waals surface area contributed by atoms with E-state index in [2.05, 4.69) is 10.4 Å². The van der Waals surface area contributed by atoms with E-state index >= 15 is 0 Å². The van der Waals surface area contributed by atoms with E-state index in [-0.39, 0.29) is 10.6 Å². The van der Waals surface area contributed by atoms with Crippen LogP contribution in [0.3, 0.4) is 0 Å². The molecule has 0 amide bonds. The quantitative estimate of drug-likeness (QED) is 0.673. The number of aromatic nitrogens is 2. The van der Waals surface area contributed by atoms with Gasteiger partial charge in [0.05, 0.1) is 4.92 Å². The van der Waals surface area contributed by atoms with Crippen LogP contribution in [-0.4, -0.2) is 20.7 Å². The summed E-state index contributed by atoms with van der Waals surface area (Å²) in [5.41, 5.74) is 0.588. The smallest absolute Gasteiger partial charge is 0.333 e. The molecule has 1 aliphatic rings. The zero-order valence-electron chi connectivity index (χ0n) is 11.7. The van der Waals surface area contributed by atoms with E-state index in [1.54, 1.807) is 18.7 Å². The van der Waals surface area contributed by atoms with Crippen molar-refractivity contribution in [2.45, 2.75) is 57.9 Å². The van der Waals surface area contributed by atoms with Crippen molar-refractivity contribution in [3.8, 4) is 0 Å². The highest BCUT2D eigenvalue weighted by molar-refractivity contribution is 5.59. The summed E-state index contributed by atoms with van der Waals surface area (Å²) < 4.78 is 1.59. The van der Waals surface area contributed by atoms with Gasteiger partial charge in [0, 0.05) is 13.1 Å². The number of hydrogen-bond acceptors (Lipinski definition) is 4. The molecule has 1 aromatic heterocycles. The maximum atomic E-state index is 11.1. The van der Waals surface area contributed by atoms with Crippen LogP contribution in [0.2, 0.25) is 0 Å². The first-order valence-corrected chi connectivity index (χ1v) is 7.04. The summed E-state index contributed by atoms with van der Waals surface area (Å²) in [4.78, 5) is 10.8. The molecule has 19 heavy (non-hydrogen) atoms. The maximum absolute atomic E-state index is 11.1. The van der Waals surface area contributed by atoms with Gasteiger partial charge in [-0.3, -0.25) is 10.1 Å². The van der Waals surface area contributed by atoms with E-state index in [0.717, 1.165) is 12.8 Å². The van der Waals surface area contributed by atoms with E-state index < -0.39 is 0 Å². The molecule has 0 aliphatic heterocycles. The Morgan fingerprint density at radius 3 is 2.42 bits per heavy atom. The second-order valence-electron chi connectivity index (χ2n) is 5.35. The summed E-state index contributed by atoms with van der Waals surface area (Å²) in [6.07, 6.45) is 8.42. The standard InChI is InChI=1S/C13H22N4O2/c1-10-12(17(18)19)13(16(2)15-10)14-11-8-6-4-3-5-7-9-11/h11,14H,3-9H2,1-2H3. The zero-order chi connectivity index (χ0) is 13.8.